The van der Waals surface area contributed by atoms with Crippen molar-refractivity contribution in [1.29, 1.82) is 0 Å². The van der Waals surface area contributed by atoms with Crippen LogP contribution in [0.25, 0.3) is 22.3 Å². The lowest BCUT2D eigenvalue weighted by molar-refractivity contribution is 0.415. The third-order valence-corrected chi connectivity index (χ3v) is 4.15. The maximum absolute atomic E-state index is 5.35. The van der Waals surface area contributed by atoms with E-state index in [1.165, 1.54) is 11.3 Å². The summed E-state index contributed by atoms with van der Waals surface area (Å²) in [5.74, 6) is 1.59. The van der Waals surface area contributed by atoms with E-state index in [0.29, 0.717) is 4.77 Å². The van der Waals surface area contributed by atoms with Gasteiger partial charge in [-0.2, -0.15) is 4.98 Å². The average Bonchev–Trinajstić information content (AvgIpc) is 3.12. The van der Waals surface area contributed by atoms with E-state index in [1.807, 2.05) is 18.2 Å². The summed E-state index contributed by atoms with van der Waals surface area (Å²) in [6, 6.07) is 5.95. The monoisotopic (exact) mass is 298 g/mol. The van der Waals surface area contributed by atoms with E-state index in [0.717, 1.165) is 47.3 Å². The highest BCUT2D eigenvalue weighted by Gasteiger charge is 2.22. The number of H-pyrrole nitrogens is 2. The maximum Gasteiger partial charge on any atom is 0.213 e. The van der Waals surface area contributed by atoms with Crippen molar-refractivity contribution in [3.8, 4) is 17.1 Å². The number of fused-ring (bicyclic) bond motifs is 2. The fourth-order valence-electron chi connectivity index (χ4n) is 3.03. The predicted molar refractivity (Wildman–Crippen MR) is 83.1 cm³/mol. The van der Waals surface area contributed by atoms with Gasteiger partial charge in [0.25, 0.3) is 0 Å². The Hall–Kier alpha value is -2.21. The van der Waals surface area contributed by atoms with Crippen LogP contribution in [0.15, 0.2) is 18.2 Å². The van der Waals surface area contributed by atoms with E-state index in [-0.39, 0.29) is 0 Å². The standard InChI is InChI=1S/C15H14N4OS/c1-20-8-5-6-12-10(7-8)13(14-17-15(21)19-18-14)9-3-2-4-11(9)16-12/h5-7H,2-4H2,1H3,(H2,17,18,19,21). The zero-order valence-electron chi connectivity index (χ0n) is 11.6. The van der Waals surface area contributed by atoms with Gasteiger partial charge in [0.15, 0.2) is 5.82 Å². The summed E-state index contributed by atoms with van der Waals surface area (Å²) in [4.78, 5) is 9.19. The molecular weight excluding hydrogens is 284 g/mol. The second kappa shape index (κ2) is 4.66. The van der Waals surface area contributed by atoms with Crippen molar-refractivity contribution < 1.29 is 4.74 Å². The minimum atomic E-state index is 0.463. The fraction of sp³-hybridized carbons (Fsp3) is 0.267. The van der Waals surface area contributed by atoms with Crippen LogP contribution in [0.1, 0.15) is 17.7 Å². The van der Waals surface area contributed by atoms with E-state index in [2.05, 4.69) is 15.2 Å². The van der Waals surface area contributed by atoms with Gasteiger partial charge in [0, 0.05) is 16.6 Å². The molecule has 0 radical (unpaired) electrons. The summed E-state index contributed by atoms with van der Waals surface area (Å²) in [6.07, 6.45) is 3.18. The number of pyridine rings is 1. The van der Waals surface area contributed by atoms with Crippen LogP contribution in [-0.4, -0.2) is 27.3 Å². The number of nitrogens with one attached hydrogen (secondary N) is 2. The number of ether oxygens (including phenoxy) is 1. The Morgan fingerprint density at radius 1 is 1.19 bits per heavy atom. The van der Waals surface area contributed by atoms with Gasteiger partial charge in [-0.1, -0.05) is 0 Å². The minimum absolute atomic E-state index is 0.463. The Bertz CT molecular complexity index is 896. The van der Waals surface area contributed by atoms with Gasteiger partial charge in [-0.05, 0) is 55.2 Å². The molecule has 3 aromatic rings. The zero-order valence-corrected chi connectivity index (χ0v) is 12.4. The van der Waals surface area contributed by atoms with Crippen molar-refractivity contribution in [3.63, 3.8) is 0 Å². The zero-order chi connectivity index (χ0) is 14.4. The van der Waals surface area contributed by atoms with Crippen molar-refractivity contribution >= 4 is 23.1 Å². The molecule has 0 saturated carbocycles. The molecule has 1 aliphatic carbocycles. The highest BCUT2D eigenvalue weighted by atomic mass is 32.1. The molecule has 0 amide bonds. The van der Waals surface area contributed by atoms with Gasteiger partial charge in [-0.15, -0.1) is 0 Å². The quantitative estimate of drug-likeness (QED) is 0.713. The van der Waals surface area contributed by atoms with Gasteiger partial charge in [0.05, 0.1) is 12.6 Å². The van der Waals surface area contributed by atoms with Crippen molar-refractivity contribution in [2.45, 2.75) is 19.3 Å². The molecule has 21 heavy (non-hydrogen) atoms. The van der Waals surface area contributed by atoms with E-state index in [4.69, 9.17) is 21.9 Å². The van der Waals surface area contributed by atoms with E-state index < -0.39 is 0 Å². The molecule has 0 spiro atoms. The molecule has 5 nitrogen and oxygen atoms in total. The lowest BCUT2D eigenvalue weighted by Gasteiger charge is -2.11. The molecule has 4 rings (SSSR count). The molecule has 2 N–H and O–H groups in total. The van der Waals surface area contributed by atoms with Crippen LogP contribution in [-0.2, 0) is 12.8 Å². The SMILES string of the molecule is COc1ccc2nc3c(c(-c4nc(=S)[nH][nH]4)c2c1)CCC3. The molecule has 0 saturated heterocycles. The molecule has 0 bridgehead atoms. The highest BCUT2D eigenvalue weighted by molar-refractivity contribution is 7.71. The Morgan fingerprint density at radius 2 is 2.10 bits per heavy atom. The maximum atomic E-state index is 5.35. The molecule has 2 aromatic heterocycles. The largest absolute Gasteiger partial charge is 0.497 e. The average molecular weight is 298 g/mol. The predicted octanol–water partition coefficient (Wildman–Crippen LogP) is 3.18. The van der Waals surface area contributed by atoms with Crippen molar-refractivity contribution in [3.05, 3.63) is 34.2 Å². The molecule has 2 heterocycles. The number of aryl methyl sites for hydroxylation is 1. The third-order valence-electron chi connectivity index (χ3n) is 3.96. The number of aromatic amines is 2. The molecule has 0 atom stereocenters. The van der Waals surface area contributed by atoms with Crippen molar-refractivity contribution in [2.24, 2.45) is 0 Å². The van der Waals surface area contributed by atoms with Gasteiger partial charge >= 0.3 is 0 Å². The van der Waals surface area contributed by atoms with E-state index in [9.17, 15) is 0 Å². The van der Waals surface area contributed by atoms with E-state index in [1.54, 1.807) is 7.11 Å². The summed E-state index contributed by atoms with van der Waals surface area (Å²) < 4.78 is 5.81. The molecular formula is C15H14N4OS. The lowest BCUT2D eigenvalue weighted by atomic mass is 10.0. The first-order chi connectivity index (χ1) is 10.3. The van der Waals surface area contributed by atoms with Crippen LogP contribution in [0, 0.1) is 4.77 Å². The fourth-order valence-corrected chi connectivity index (χ4v) is 3.17. The Labute approximate surface area is 126 Å². The van der Waals surface area contributed by atoms with Gasteiger partial charge in [-0.25, -0.2) is 0 Å². The number of methoxy groups -OCH3 is 1. The second-order valence-corrected chi connectivity index (χ2v) is 5.55. The van der Waals surface area contributed by atoms with Crippen molar-refractivity contribution in [2.75, 3.05) is 7.11 Å². The molecule has 106 valence electrons. The minimum Gasteiger partial charge on any atom is -0.497 e. The first kappa shape index (κ1) is 12.5. The molecule has 1 aromatic carbocycles. The summed E-state index contributed by atoms with van der Waals surface area (Å²) in [7, 11) is 1.67. The summed E-state index contributed by atoms with van der Waals surface area (Å²) in [5, 5.41) is 7.00. The number of rotatable bonds is 2. The Kier molecular flexibility index (Phi) is 2.78. The molecule has 0 fully saturated rings. The summed E-state index contributed by atoms with van der Waals surface area (Å²) in [6.45, 7) is 0. The molecule has 6 heteroatoms. The lowest BCUT2D eigenvalue weighted by Crippen LogP contribution is -1.97. The Morgan fingerprint density at radius 3 is 2.86 bits per heavy atom. The normalized spacial score (nSPS) is 13.6. The third kappa shape index (κ3) is 1.94. The van der Waals surface area contributed by atoms with Crippen LogP contribution in [0.5, 0.6) is 5.75 Å². The number of hydrogen-bond acceptors (Lipinski definition) is 4. The number of aromatic nitrogens is 4. The topological polar surface area (TPSA) is 66.6 Å². The second-order valence-electron chi connectivity index (χ2n) is 5.16. The first-order valence-corrected chi connectivity index (χ1v) is 7.31. The number of nitrogens with zero attached hydrogens (tertiary/aromatic N) is 2. The van der Waals surface area contributed by atoms with Crippen LogP contribution in [0.4, 0.5) is 0 Å². The smallest absolute Gasteiger partial charge is 0.213 e. The summed E-state index contributed by atoms with van der Waals surface area (Å²) >= 11 is 5.09. The molecule has 0 aliphatic heterocycles. The Balaban J connectivity index is 2.11. The van der Waals surface area contributed by atoms with Gasteiger partial charge < -0.3 is 4.74 Å². The summed E-state index contributed by atoms with van der Waals surface area (Å²) in [5.41, 5.74) is 4.51. The van der Waals surface area contributed by atoms with Crippen LogP contribution < -0.4 is 4.74 Å². The number of benzene rings is 1. The van der Waals surface area contributed by atoms with Crippen LogP contribution >= 0.6 is 12.2 Å². The number of hydrogen-bond donors (Lipinski definition) is 2. The van der Waals surface area contributed by atoms with Gasteiger partial charge in [-0.3, -0.25) is 15.2 Å². The van der Waals surface area contributed by atoms with Gasteiger partial charge in [0.1, 0.15) is 5.75 Å². The van der Waals surface area contributed by atoms with Gasteiger partial charge in [0.2, 0.25) is 4.77 Å². The highest BCUT2D eigenvalue weighted by Crippen LogP contribution is 2.36. The van der Waals surface area contributed by atoms with E-state index >= 15 is 0 Å². The van der Waals surface area contributed by atoms with Crippen LogP contribution in [0.2, 0.25) is 0 Å². The first-order valence-electron chi connectivity index (χ1n) is 6.91. The van der Waals surface area contributed by atoms with Crippen LogP contribution in [0.3, 0.4) is 0 Å². The molecule has 0 unspecified atom stereocenters. The van der Waals surface area contributed by atoms with Crippen molar-refractivity contribution in [1.82, 2.24) is 20.2 Å². The molecule has 1 aliphatic rings.